The van der Waals surface area contributed by atoms with Crippen molar-refractivity contribution >= 4 is 51.7 Å². The predicted octanol–water partition coefficient (Wildman–Crippen LogP) is -0.947. The molecule has 0 aliphatic carbocycles. The standard InChI is InChI=1S/C23H23N9O6S2/c1-38-29-15(14-10-40-23(24)26-14)19(34)27-16-20(35)32-17(22(36)37)13(9-39-21(16)32)8-30-4-2-3-12(7-30)18-25-11-31(28-18)5-6-33/h2-4,7,10-11,16,21,33H,5-6,8-9H2,1H3,(H3-,24,26,27,34,36,37)/p+1/b29-15-/t16-,21-/m1/s1. The molecule has 5 rings (SSSR count). The molecule has 2 atom stereocenters. The van der Waals surface area contributed by atoms with Gasteiger partial charge in [-0.2, -0.15) is 5.10 Å². The summed E-state index contributed by atoms with van der Waals surface area (Å²) < 4.78 is 3.31. The maximum atomic E-state index is 13.1. The van der Waals surface area contributed by atoms with Crippen LogP contribution in [0.2, 0.25) is 0 Å². The Kier molecular flexibility index (Phi) is 7.76. The molecule has 0 aromatic carbocycles. The fraction of sp³-hybridized carbons (Fsp3) is 0.304. The number of carboxylic acids is 1. The molecule has 3 aromatic heterocycles. The van der Waals surface area contributed by atoms with Gasteiger partial charge in [-0.25, -0.2) is 19.3 Å². The number of nitrogens with zero attached hydrogens (tertiary/aromatic N) is 7. The van der Waals surface area contributed by atoms with Crippen LogP contribution in [0, 0.1) is 0 Å². The van der Waals surface area contributed by atoms with Crippen LogP contribution in [0.1, 0.15) is 5.69 Å². The van der Waals surface area contributed by atoms with Gasteiger partial charge in [0.15, 0.2) is 35.6 Å². The molecule has 5 N–H and O–H groups in total. The third kappa shape index (κ3) is 5.25. The maximum Gasteiger partial charge on any atom is 0.352 e. The normalized spacial score (nSPS) is 18.8. The quantitative estimate of drug-likeness (QED) is 0.0987. The second kappa shape index (κ2) is 11.4. The lowest BCUT2D eigenvalue weighted by atomic mass is 10.0. The molecule has 3 aromatic rings. The summed E-state index contributed by atoms with van der Waals surface area (Å²) in [5.74, 6) is -1.70. The van der Waals surface area contributed by atoms with Gasteiger partial charge in [0.25, 0.3) is 11.8 Å². The zero-order valence-electron chi connectivity index (χ0n) is 21.0. The third-order valence-corrected chi connectivity index (χ3v) is 8.07. The van der Waals surface area contributed by atoms with Gasteiger partial charge in [-0.15, -0.1) is 23.1 Å². The Bertz CT molecular complexity index is 1530. The van der Waals surface area contributed by atoms with Crippen molar-refractivity contribution in [3.63, 3.8) is 0 Å². The van der Waals surface area contributed by atoms with E-state index in [1.165, 1.54) is 40.2 Å². The Labute approximate surface area is 235 Å². The van der Waals surface area contributed by atoms with Gasteiger partial charge in [-0.3, -0.25) is 19.2 Å². The smallest absolute Gasteiger partial charge is 0.352 e. The number of aromatic nitrogens is 5. The number of thioether (sulfide) groups is 1. The van der Waals surface area contributed by atoms with E-state index < -0.39 is 29.2 Å². The van der Waals surface area contributed by atoms with Crippen molar-refractivity contribution in [1.29, 1.82) is 0 Å². The van der Waals surface area contributed by atoms with Gasteiger partial charge in [-0.05, 0) is 6.07 Å². The summed E-state index contributed by atoms with van der Waals surface area (Å²) in [7, 11) is 1.27. The zero-order valence-corrected chi connectivity index (χ0v) is 22.6. The molecule has 5 heterocycles. The zero-order chi connectivity index (χ0) is 28.4. The van der Waals surface area contributed by atoms with Crippen LogP contribution in [0.4, 0.5) is 5.13 Å². The molecule has 15 nitrogen and oxygen atoms in total. The van der Waals surface area contributed by atoms with Gasteiger partial charge in [0.05, 0.1) is 18.7 Å². The molecule has 0 radical (unpaired) electrons. The molecule has 2 aliphatic heterocycles. The molecule has 0 saturated carbocycles. The van der Waals surface area contributed by atoms with E-state index in [4.69, 9.17) is 15.7 Å². The number of β-lactam (4-membered cyclic amide) rings is 1. The second-order valence-corrected chi connectivity index (χ2v) is 10.6. The number of carbonyl (C=O) groups excluding carboxylic acids is 2. The maximum absolute atomic E-state index is 13.1. The Balaban J connectivity index is 1.33. The molecule has 0 spiro atoms. The van der Waals surface area contributed by atoms with Crippen molar-refractivity contribution in [3.05, 3.63) is 53.2 Å². The number of nitrogen functional groups attached to an aromatic ring is 1. The Hall–Kier alpha value is -4.35. The molecule has 0 bridgehead atoms. The van der Waals surface area contributed by atoms with Crippen LogP contribution >= 0.6 is 23.1 Å². The number of carbonyl (C=O) groups is 3. The number of fused-ring (bicyclic) bond motifs is 1. The Morgan fingerprint density at radius 3 is 2.92 bits per heavy atom. The van der Waals surface area contributed by atoms with E-state index in [2.05, 4.69) is 25.5 Å². The van der Waals surface area contributed by atoms with Gasteiger partial charge in [-0.1, -0.05) is 5.16 Å². The van der Waals surface area contributed by atoms with Crippen LogP contribution < -0.4 is 15.6 Å². The first-order valence-electron chi connectivity index (χ1n) is 11.8. The van der Waals surface area contributed by atoms with Crippen LogP contribution in [0.5, 0.6) is 0 Å². The lowest BCUT2D eigenvalue weighted by Crippen LogP contribution is -2.71. The summed E-state index contributed by atoms with van der Waals surface area (Å²) in [4.78, 5) is 52.6. The van der Waals surface area contributed by atoms with Gasteiger partial charge in [0.2, 0.25) is 0 Å². The van der Waals surface area contributed by atoms with E-state index in [9.17, 15) is 19.5 Å². The number of aliphatic carboxylic acids is 1. The second-order valence-electron chi connectivity index (χ2n) is 8.63. The van der Waals surface area contributed by atoms with E-state index >= 15 is 0 Å². The van der Waals surface area contributed by atoms with Crippen molar-refractivity contribution < 1.29 is 34.0 Å². The fourth-order valence-corrected chi connectivity index (χ4v) is 6.20. The first kappa shape index (κ1) is 27.2. The Morgan fingerprint density at radius 1 is 1.40 bits per heavy atom. The van der Waals surface area contributed by atoms with Gasteiger partial charge >= 0.3 is 5.97 Å². The highest BCUT2D eigenvalue weighted by Crippen LogP contribution is 2.40. The molecule has 1 saturated heterocycles. The van der Waals surface area contributed by atoms with Crippen LogP contribution in [-0.2, 0) is 32.3 Å². The van der Waals surface area contributed by atoms with Crippen LogP contribution in [-0.4, -0.2) is 89.2 Å². The summed E-state index contributed by atoms with van der Waals surface area (Å²) in [6.45, 7) is 0.465. The minimum Gasteiger partial charge on any atom is -0.477 e. The van der Waals surface area contributed by atoms with E-state index in [0.717, 1.165) is 11.3 Å². The summed E-state index contributed by atoms with van der Waals surface area (Å²) in [6, 6.07) is 2.65. The van der Waals surface area contributed by atoms with E-state index in [0.29, 0.717) is 29.3 Å². The number of carboxylic acid groups (broad SMARTS) is 1. The molecule has 208 valence electrons. The van der Waals surface area contributed by atoms with Crippen molar-refractivity contribution in [1.82, 2.24) is 30.0 Å². The number of hydrogen-bond donors (Lipinski definition) is 4. The number of nitrogens with one attached hydrogen (secondary N) is 1. The lowest BCUT2D eigenvalue weighted by Gasteiger charge is -2.49. The largest absolute Gasteiger partial charge is 0.477 e. The van der Waals surface area contributed by atoms with Crippen molar-refractivity contribution in [2.45, 2.75) is 24.5 Å². The number of thiazole rings is 1. The van der Waals surface area contributed by atoms with Gasteiger partial charge < -0.3 is 26.1 Å². The van der Waals surface area contributed by atoms with E-state index in [1.807, 2.05) is 6.07 Å². The number of oxime groups is 1. The number of aliphatic hydroxyl groups is 1. The van der Waals surface area contributed by atoms with Crippen LogP contribution in [0.25, 0.3) is 11.4 Å². The van der Waals surface area contributed by atoms with Crippen LogP contribution in [0.15, 0.2) is 52.7 Å². The fourth-order valence-electron chi connectivity index (χ4n) is 4.32. The predicted molar refractivity (Wildman–Crippen MR) is 142 cm³/mol. The highest BCUT2D eigenvalue weighted by molar-refractivity contribution is 8.00. The number of anilines is 1. The minimum atomic E-state index is -1.24. The van der Waals surface area contributed by atoms with E-state index in [-0.39, 0.29) is 35.4 Å². The number of aliphatic hydroxyl groups excluding tert-OH is 1. The molecular weight excluding hydrogens is 562 g/mol. The molecule has 0 unspecified atom stereocenters. The summed E-state index contributed by atoms with van der Waals surface area (Å²) in [6.07, 6.45) is 5.08. The van der Waals surface area contributed by atoms with Crippen molar-refractivity contribution in [2.24, 2.45) is 5.16 Å². The summed E-state index contributed by atoms with van der Waals surface area (Å²) >= 11 is 2.47. The van der Waals surface area contributed by atoms with Crippen molar-refractivity contribution in [2.75, 3.05) is 25.2 Å². The number of rotatable bonds is 10. The third-order valence-electron chi connectivity index (χ3n) is 6.05. The Morgan fingerprint density at radius 2 is 2.23 bits per heavy atom. The average molecular weight is 587 g/mol. The number of pyridine rings is 1. The molecule has 17 heteroatoms. The average Bonchev–Trinajstić information content (AvgIpc) is 3.59. The molecule has 40 heavy (non-hydrogen) atoms. The molecule has 2 amide bonds. The van der Waals surface area contributed by atoms with Crippen molar-refractivity contribution in [3.8, 4) is 11.4 Å². The van der Waals surface area contributed by atoms with Crippen LogP contribution in [0.3, 0.4) is 0 Å². The lowest BCUT2D eigenvalue weighted by molar-refractivity contribution is -0.688. The van der Waals surface area contributed by atoms with Gasteiger partial charge in [0.1, 0.15) is 36.2 Å². The number of hydrogen-bond acceptors (Lipinski definition) is 12. The highest BCUT2D eigenvalue weighted by atomic mass is 32.2. The highest BCUT2D eigenvalue weighted by Gasteiger charge is 2.54. The number of amides is 2. The summed E-state index contributed by atoms with van der Waals surface area (Å²) in [5.41, 5.74) is 6.84. The molecule has 1 fully saturated rings. The first-order chi connectivity index (χ1) is 19.3. The number of nitrogens with two attached hydrogens (primary N) is 1. The minimum absolute atomic E-state index is 0.0645. The monoisotopic (exact) mass is 586 g/mol. The SMILES string of the molecule is CO/N=C(\C(=O)N[C@@H]1C(=O)N2C(C(=O)O)=C(C[n+]3cccc(-c4ncn(CCO)n4)c3)CS[C@H]12)c1csc(N)n1. The summed E-state index contributed by atoms with van der Waals surface area (Å²) in [5, 5.41) is 31.0. The molecule has 2 aliphatic rings. The van der Waals surface area contributed by atoms with Gasteiger partial charge in [0, 0.05) is 22.8 Å². The first-order valence-corrected chi connectivity index (χ1v) is 13.8. The topological polar surface area (TPSA) is 202 Å². The van der Waals surface area contributed by atoms with E-state index in [1.54, 1.807) is 23.0 Å². The molecular formula is C23H24N9O6S2+.